The van der Waals surface area contributed by atoms with Crippen LogP contribution in [0.15, 0.2) is 0 Å². The Morgan fingerprint density at radius 3 is 0.747 bits per heavy atom. The molecule has 0 spiro atoms. The molecule has 0 radical (unpaired) electrons. The summed E-state index contributed by atoms with van der Waals surface area (Å²) in [5, 5.41) is 10.6. The normalized spacial score (nSPS) is 14.4. The van der Waals surface area contributed by atoms with Gasteiger partial charge in [0.25, 0.3) is 0 Å². The van der Waals surface area contributed by atoms with Crippen LogP contribution in [0.2, 0.25) is 0 Å². The molecule has 17 nitrogen and oxygen atoms in total. The lowest BCUT2D eigenvalue weighted by Gasteiger charge is -2.21. The lowest BCUT2D eigenvalue weighted by Crippen LogP contribution is -2.30. The summed E-state index contributed by atoms with van der Waals surface area (Å²) < 4.78 is 68.4. The molecule has 0 amide bonds. The third-order valence-corrected chi connectivity index (χ3v) is 19.8. The van der Waals surface area contributed by atoms with Gasteiger partial charge < -0.3 is 33.8 Å². The molecule has 0 aromatic carbocycles. The first kappa shape index (κ1) is 93.1. The van der Waals surface area contributed by atoms with Crippen LogP contribution in [0, 0.1) is 23.7 Å². The molecule has 6 atom stereocenters. The number of carbonyl (C=O) groups excluding carboxylic acids is 4. The largest absolute Gasteiger partial charge is 0.472 e. The van der Waals surface area contributed by atoms with Crippen LogP contribution >= 0.6 is 15.6 Å². The van der Waals surface area contributed by atoms with E-state index in [0.717, 1.165) is 108 Å². The van der Waals surface area contributed by atoms with Crippen molar-refractivity contribution in [1.29, 1.82) is 0 Å². The number of hydrogen-bond donors (Lipinski definition) is 3. The molecule has 564 valence electrons. The van der Waals surface area contributed by atoms with Gasteiger partial charge in [0, 0.05) is 25.7 Å². The highest BCUT2D eigenvalue weighted by atomic mass is 31.2. The van der Waals surface area contributed by atoms with E-state index in [9.17, 15) is 43.2 Å². The van der Waals surface area contributed by atoms with E-state index in [1.165, 1.54) is 180 Å². The molecular formula is C76H148O17P2. The van der Waals surface area contributed by atoms with Crippen LogP contribution < -0.4 is 0 Å². The van der Waals surface area contributed by atoms with Crippen molar-refractivity contribution in [2.45, 2.75) is 401 Å². The third-order valence-electron chi connectivity index (χ3n) is 17.9. The second kappa shape index (κ2) is 65.4. The maximum Gasteiger partial charge on any atom is 0.472 e. The lowest BCUT2D eigenvalue weighted by atomic mass is 9.99. The molecule has 4 unspecified atom stereocenters. The summed E-state index contributed by atoms with van der Waals surface area (Å²) >= 11 is 0. The van der Waals surface area contributed by atoms with Crippen molar-refractivity contribution >= 4 is 39.5 Å². The Kier molecular flexibility index (Phi) is 64.0. The molecule has 19 heteroatoms. The quantitative estimate of drug-likeness (QED) is 0.0222. The van der Waals surface area contributed by atoms with Gasteiger partial charge in [0.1, 0.15) is 19.3 Å². The zero-order chi connectivity index (χ0) is 70.3. The Labute approximate surface area is 581 Å². The first-order valence-corrected chi connectivity index (χ1v) is 42.2. The van der Waals surface area contributed by atoms with E-state index >= 15 is 0 Å². The molecule has 0 aromatic heterocycles. The van der Waals surface area contributed by atoms with Gasteiger partial charge in [-0.25, -0.2) is 9.13 Å². The number of aliphatic hydroxyl groups excluding tert-OH is 1. The van der Waals surface area contributed by atoms with E-state index in [1.54, 1.807) is 0 Å². The van der Waals surface area contributed by atoms with Gasteiger partial charge in [-0.15, -0.1) is 0 Å². The minimum absolute atomic E-state index is 0.103. The van der Waals surface area contributed by atoms with Gasteiger partial charge in [-0.2, -0.15) is 0 Å². The molecule has 0 saturated carbocycles. The number of phosphoric ester groups is 2. The highest BCUT2D eigenvalue weighted by Gasteiger charge is 2.30. The van der Waals surface area contributed by atoms with Gasteiger partial charge >= 0.3 is 39.5 Å². The fraction of sp³-hybridized carbons (Fsp3) is 0.947. The number of esters is 4. The number of hydrogen-bond acceptors (Lipinski definition) is 15. The topological polar surface area (TPSA) is 237 Å². The standard InChI is InChI=1S/C76H148O17P2/c1-9-69(8)55-47-39-31-23-20-21-24-32-40-48-56-73(78)86-62-72(93-76(81)59-51-43-35-27-30-38-46-54-68(6)7)65-91-95(84,85)89-61-70(77)60-88-94(82,83)90-64-71(63-87-74(79)57-49-41-34-26-29-37-45-53-67(4)5)92-75(80)58-50-42-33-25-19-17-15-13-11-10-12-14-16-18-22-28-36-44-52-66(2)3/h66-72,77H,9-65H2,1-8H3,(H,82,83)(H,84,85)/t69?,70?,71-,72-/m1/s1. The van der Waals surface area contributed by atoms with Crippen molar-refractivity contribution in [2.75, 3.05) is 39.6 Å². The minimum Gasteiger partial charge on any atom is -0.462 e. The van der Waals surface area contributed by atoms with Crippen LogP contribution in [0.4, 0.5) is 0 Å². The van der Waals surface area contributed by atoms with E-state index in [1.807, 2.05) is 0 Å². The second-order valence-electron chi connectivity index (χ2n) is 29.1. The van der Waals surface area contributed by atoms with E-state index in [4.69, 9.17) is 37.0 Å². The summed E-state index contributed by atoms with van der Waals surface area (Å²) in [7, 11) is -9.91. The summed E-state index contributed by atoms with van der Waals surface area (Å²) in [4.78, 5) is 72.7. The molecule has 95 heavy (non-hydrogen) atoms. The average Bonchev–Trinajstić information content (AvgIpc) is 1.93. The van der Waals surface area contributed by atoms with Crippen molar-refractivity contribution < 1.29 is 80.2 Å². The van der Waals surface area contributed by atoms with Crippen molar-refractivity contribution in [3.8, 4) is 0 Å². The number of aliphatic hydroxyl groups is 1. The number of unbranched alkanes of at least 4 members (excludes halogenated alkanes) is 38. The molecule has 0 saturated heterocycles. The highest BCUT2D eigenvalue weighted by molar-refractivity contribution is 7.47. The molecule has 0 rings (SSSR count). The van der Waals surface area contributed by atoms with Crippen LogP contribution in [0.5, 0.6) is 0 Å². The average molecular weight is 1400 g/mol. The summed E-state index contributed by atoms with van der Waals surface area (Å²) in [6, 6.07) is 0. The maximum atomic E-state index is 13.1. The molecule has 0 fully saturated rings. The van der Waals surface area contributed by atoms with E-state index < -0.39 is 97.5 Å². The molecule has 0 aliphatic carbocycles. The smallest absolute Gasteiger partial charge is 0.462 e. The monoisotopic (exact) mass is 1400 g/mol. The predicted molar refractivity (Wildman–Crippen MR) is 386 cm³/mol. The van der Waals surface area contributed by atoms with Crippen molar-refractivity contribution in [1.82, 2.24) is 0 Å². The third kappa shape index (κ3) is 69.0. The SMILES string of the molecule is CCC(C)CCCCCCCCCCCCC(=O)OC[C@H](COP(=O)(O)OCC(O)COP(=O)(O)OC[C@@H](COC(=O)CCCCCCCCCC(C)C)OC(=O)CCCCCCCCCCCCCCCCCCCCC(C)C)OC(=O)CCCCCCCCCC(C)C. The van der Waals surface area contributed by atoms with Crippen LogP contribution in [-0.2, 0) is 65.4 Å². The zero-order valence-corrected chi connectivity index (χ0v) is 64.1. The van der Waals surface area contributed by atoms with Crippen LogP contribution in [0.3, 0.4) is 0 Å². The van der Waals surface area contributed by atoms with Gasteiger partial charge in [-0.05, 0) is 49.4 Å². The number of phosphoric acid groups is 2. The molecule has 0 aliphatic heterocycles. The molecular weight excluding hydrogens is 1250 g/mol. The van der Waals surface area contributed by atoms with E-state index in [2.05, 4.69) is 55.4 Å². The van der Waals surface area contributed by atoms with Gasteiger partial charge in [0.05, 0.1) is 26.4 Å². The second-order valence-corrected chi connectivity index (χ2v) is 32.0. The van der Waals surface area contributed by atoms with Gasteiger partial charge in [-0.1, -0.05) is 331 Å². The Bertz CT molecular complexity index is 1870. The summed E-state index contributed by atoms with van der Waals surface area (Å²) in [6.07, 6.45) is 50.2. The number of carbonyl (C=O) groups is 4. The number of ether oxygens (including phenoxy) is 4. The van der Waals surface area contributed by atoms with Crippen molar-refractivity contribution in [2.24, 2.45) is 23.7 Å². The Hall–Kier alpha value is -1.94. The van der Waals surface area contributed by atoms with Gasteiger partial charge in [0.2, 0.25) is 0 Å². The van der Waals surface area contributed by atoms with Crippen LogP contribution in [-0.4, -0.2) is 96.7 Å². The summed E-state index contributed by atoms with van der Waals surface area (Å²) in [6.45, 7) is 14.1. The van der Waals surface area contributed by atoms with Crippen LogP contribution in [0.25, 0.3) is 0 Å². The van der Waals surface area contributed by atoms with Gasteiger partial charge in [0.15, 0.2) is 12.2 Å². The number of rotatable bonds is 73. The fourth-order valence-electron chi connectivity index (χ4n) is 11.5. The first-order chi connectivity index (χ1) is 45.6. The molecule has 0 heterocycles. The zero-order valence-electron chi connectivity index (χ0n) is 62.3. The fourth-order valence-corrected chi connectivity index (χ4v) is 13.1. The maximum absolute atomic E-state index is 13.1. The van der Waals surface area contributed by atoms with Gasteiger partial charge in [-0.3, -0.25) is 37.3 Å². The Morgan fingerprint density at radius 2 is 0.505 bits per heavy atom. The summed E-state index contributed by atoms with van der Waals surface area (Å²) in [5.41, 5.74) is 0. The molecule has 3 N–H and O–H groups in total. The van der Waals surface area contributed by atoms with Crippen LogP contribution in [0.1, 0.15) is 383 Å². The van der Waals surface area contributed by atoms with Crippen molar-refractivity contribution in [3.63, 3.8) is 0 Å². The first-order valence-electron chi connectivity index (χ1n) is 39.2. The lowest BCUT2D eigenvalue weighted by molar-refractivity contribution is -0.161. The van der Waals surface area contributed by atoms with Crippen molar-refractivity contribution in [3.05, 3.63) is 0 Å². The van der Waals surface area contributed by atoms with E-state index in [0.29, 0.717) is 37.5 Å². The highest BCUT2D eigenvalue weighted by Crippen LogP contribution is 2.45. The molecule has 0 aliphatic rings. The summed E-state index contributed by atoms with van der Waals surface area (Å²) in [5.74, 6) is 0.906. The molecule has 0 bridgehead atoms. The van der Waals surface area contributed by atoms with E-state index in [-0.39, 0.29) is 25.7 Å². The molecule has 0 aromatic rings. The Balaban J connectivity index is 5.17. The Morgan fingerprint density at radius 1 is 0.295 bits per heavy atom. The predicted octanol–water partition coefficient (Wildman–Crippen LogP) is 22.0. The minimum atomic E-state index is -4.96.